The van der Waals surface area contributed by atoms with Crippen molar-refractivity contribution in [1.29, 1.82) is 0 Å². The first kappa shape index (κ1) is 19.7. The summed E-state index contributed by atoms with van der Waals surface area (Å²) in [5.41, 5.74) is 3.80. The molecule has 0 radical (unpaired) electrons. The lowest BCUT2D eigenvalue weighted by atomic mass is 10.1. The van der Waals surface area contributed by atoms with Gasteiger partial charge in [0.1, 0.15) is 5.82 Å². The molecule has 31 heavy (non-hydrogen) atoms. The number of halogens is 1. The minimum Gasteiger partial charge on any atom is -0.303 e. The highest BCUT2D eigenvalue weighted by Gasteiger charge is 2.32. The second kappa shape index (κ2) is 7.77. The van der Waals surface area contributed by atoms with Crippen LogP contribution in [0.15, 0.2) is 77.6 Å². The topological polar surface area (TPSA) is 55.2 Å². The molecule has 0 aliphatic carbocycles. The van der Waals surface area contributed by atoms with E-state index < -0.39 is 0 Å². The maximum Gasteiger partial charge on any atom is 0.261 e. The molecule has 1 amide bonds. The lowest BCUT2D eigenvalue weighted by molar-refractivity contribution is -0.113. The van der Waals surface area contributed by atoms with Gasteiger partial charge in [0.05, 0.1) is 28.7 Å². The van der Waals surface area contributed by atoms with Crippen molar-refractivity contribution in [3.05, 3.63) is 104 Å². The largest absolute Gasteiger partial charge is 0.303 e. The molecule has 0 fully saturated rings. The Bertz CT molecular complexity index is 1420. The number of nitrogens with zero attached hydrogens (tertiary/aromatic N) is 3. The number of hydrogen-bond acceptors (Lipinski definition) is 3. The summed E-state index contributed by atoms with van der Waals surface area (Å²) in [5.74, 6) is 0.362. The fraction of sp³-hybridized carbons (Fsp3) is 0.0800. The number of fused-ring (bicyclic) bond motifs is 2. The lowest BCUT2D eigenvalue weighted by Gasteiger charge is -2.17. The number of benzene rings is 3. The molecule has 152 valence electrons. The molecule has 0 saturated heterocycles. The highest BCUT2D eigenvalue weighted by Crippen LogP contribution is 2.38. The molecule has 4 aromatic rings. The maximum atomic E-state index is 13.4. The zero-order valence-electron chi connectivity index (χ0n) is 16.7. The van der Waals surface area contributed by atoms with Gasteiger partial charge in [0.2, 0.25) is 0 Å². The van der Waals surface area contributed by atoms with Crippen molar-refractivity contribution in [2.45, 2.75) is 6.54 Å². The van der Waals surface area contributed by atoms with Gasteiger partial charge >= 0.3 is 0 Å². The Morgan fingerprint density at radius 2 is 1.71 bits per heavy atom. The molecule has 2 heterocycles. The van der Waals surface area contributed by atoms with Crippen molar-refractivity contribution in [2.24, 2.45) is 7.05 Å². The first-order chi connectivity index (χ1) is 15.0. The Labute approximate surface area is 192 Å². The first-order valence-electron chi connectivity index (χ1n) is 9.86. The second-order valence-electron chi connectivity index (χ2n) is 7.45. The monoisotopic (exact) mass is 519 g/mol. The van der Waals surface area contributed by atoms with Crippen molar-refractivity contribution in [2.75, 3.05) is 4.90 Å². The number of anilines is 1. The van der Waals surface area contributed by atoms with E-state index >= 15 is 0 Å². The third-order valence-corrected chi connectivity index (χ3v) is 6.16. The summed E-state index contributed by atoms with van der Waals surface area (Å²) in [6.45, 7) is 0.483. The van der Waals surface area contributed by atoms with E-state index in [1.54, 1.807) is 18.0 Å². The Morgan fingerprint density at radius 1 is 0.968 bits per heavy atom. The van der Waals surface area contributed by atoms with Crippen molar-refractivity contribution in [3.8, 4) is 0 Å². The Morgan fingerprint density at radius 3 is 2.52 bits per heavy atom. The number of carbonyl (C=O) groups excluding carboxylic acids is 1. The van der Waals surface area contributed by atoms with E-state index in [1.807, 2.05) is 72.8 Å². The third-order valence-electron chi connectivity index (χ3n) is 5.49. The van der Waals surface area contributed by atoms with Crippen LogP contribution in [-0.2, 0) is 18.4 Å². The Kier molecular flexibility index (Phi) is 4.94. The first-order valence-corrected chi connectivity index (χ1v) is 10.9. The van der Waals surface area contributed by atoms with Gasteiger partial charge in [-0.2, -0.15) is 0 Å². The summed E-state index contributed by atoms with van der Waals surface area (Å²) < 4.78 is 2.48. The van der Waals surface area contributed by atoms with Gasteiger partial charge in [-0.3, -0.25) is 14.2 Å². The van der Waals surface area contributed by atoms with E-state index in [4.69, 9.17) is 0 Å². The van der Waals surface area contributed by atoms with Crippen LogP contribution in [0.1, 0.15) is 17.0 Å². The molecule has 5 rings (SSSR count). The predicted molar refractivity (Wildman–Crippen MR) is 132 cm³/mol. The quantitative estimate of drug-likeness (QED) is 0.293. The standard InChI is InChI=1S/C25H18IN3O2/c1-28-23(27-21-12-11-17(26)13-20(21)24(28)30)14-19-18-9-5-6-10-22(18)29(25(19)31)15-16-7-3-2-4-8-16/h2-14H,15H2,1H3. The Balaban J connectivity index is 1.64. The van der Waals surface area contributed by atoms with Gasteiger partial charge in [-0.25, -0.2) is 4.98 Å². The molecule has 0 unspecified atom stereocenters. The van der Waals surface area contributed by atoms with Gasteiger partial charge < -0.3 is 4.90 Å². The van der Waals surface area contributed by atoms with E-state index in [1.165, 1.54) is 4.57 Å². The average molecular weight is 519 g/mol. The molecule has 0 atom stereocenters. The van der Waals surface area contributed by atoms with Crippen LogP contribution < -0.4 is 10.5 Å². The molecule has 1 aromatic heterocycles. The summed E-state index contributed by atoms with van der Waals surface area (Å²) in [6.07, 6.45) is 1.73. The van der Waals surface area contributed by atoms with E-state index in [2.05, 4.69) is 27.6 Å². The molecular formula is C25H18IN3O2. The number of amides is 1. The molecule has 0 N–H and O–H groups in total. The van der Waals surface area contributed by atoms with Crippen molar-refractivity contribution in [1.82, 2.24) is 9.55 Å². The van der Waals surface area contributed by atoms with Crippen LogP contribution in [0.2, 0.25) is 0 Å². The van der Waals surface area contributed by atoms with Crippen LogP contribution in [-0.4, -0.2) is 15.5 Å². The number of carbonyl (C=O) groups is 1. The molecule has 3 aromatic carbocycles. The fourth-order valence-electron chi connectivity index (χ4n) is 3.89. The molecule has 6 heteroatoms. The van der Waals surface area contributed by atoms with Gasteiger partial charge in [0, 0.05) is 16.2 Å². The van der Waals surface area contributed by atoms with Crippen LogP contribution in [0.3, 0.4) is 0 Å². The molecule has 5 nitrogen and oxygen atoms in total. The normalized spacial score (nSPS) is 14.5. The van der Waals surface area contributed by atoms with Crippen molar-refractivity contribution < 1.29 is 4.79 Å². The SMILES string of the molecule is Cn1c(C=C2C(=O)N(Cc3ccccc3)c3ccccc32)nc2ccc(I)cc2c1=O. The summed E-state index contributed by atoms with van der Waals surface area (Å²) >= 11 is 2.18. The molecular weight excluding hydrogens is 501 g/mol. The minimum atomic E-state index is -0.129. The van der Waals surface area contributed by atoms with Gasteiger partial charge in [-0.1, -0.05) is 48.5 Å². The molecule has 0 saturated carbocycles. The third kappa shape index (κ3) is 3.46. The zero-order valence-corrected chi connectivity index (χ0v) is 18.9. The molecule has 0 spiro atoms. The van der Waals surface area contributed by atoms with Crippen LogP contribution in [0, 0.1) is 3.57 Å². The molecule has 0 bridgehead atoms. The zero-order chi connectivity index (χ0) is 21.5. The van der Waals surface area contributed by atoms with Gasteiger partial charge in [-0.05, 0) is 58.5 Å². The van der Waals surface area contributed by atoms with Crippen molar-refractivity contribution in [3.63, 3.8) is 0 Å². The number of para-hydroxylation sites is 1. The highest BCUT2D eigenvalue weighted by molar-refractivity contribution is 14.1. The molecule has 1 aliphatic heterocycles. The number of hydrogen-bond donors (Lipinski definition) is 0. The van der Waals surface area contributed by atoms with Gasteiger partial charge in [-0.15, -0.1) is 0 Å². The minimum absolute atomic E-state index is 0.0954. The maximum absolute atomic E-state index is 13.4. The summed E-state index contributed by atoms with van der Waals surface area (Å²) in [4.78, 5) is 32.8. The van der Waals surface area contributed by atoms with E-state index in [9.17, 15) is 9.59 Å². The summed E-state index contributed by atoms with van der Waals surface area (Å²) in [7, 11) is 1.69. The van der Waals surface area contributed by atoms with E-state index in [0.717, 1.165) is 20.4 Å². The van der Waals surface area contributed by atoms with Gasteiger partial charge in [0.15, 0.2) is 0 Å². The van der Waals surface area contributed by atoms with Crippen LogP contribution in [0.25, 0.3) is 22.6 Å². The van der Waals surface area contributed by atoms with E-state index in [0.29, 0.717) is 28.8 Å². The molecule has 1 aliphatic rings. The lowest BCUT2D eigenvalue weighted by Crippen LogP contribution is -2.26. The second-order valence-corrected chi connectivity index (χ2v) is 8.69. The van der Waals surface area contributed by atoms with Crippen LogP contribution in [0.5, 0.6) is 0 Å². The Hall–Kier alpha value is -3.26. The average Bonchev–Trinajstić information content (AvgIpc) is 3.04. The van der Waals surface area contributed by atoms with Crippen LogP contribution in [0.4, 0.5) is 5.69 Å². The predicted octanol–water partition coefficient (Wildman–Crippen LogP) is 4.63. The fourth-order valence-corrected chi connectivity index (χ4v) is 4.38. The number of rotatable bonds is 3. The summed E-state index contributed by atoms with van der Waals surface area (Å²) in [6, 6.07) is 23.2. The summed E-state index contributed by atoms with van der Waals surface area (Å²) in [5, 5.41) is 0.570. The van der Waals surface area contributed by atoms with Gasteiger partial charge in [0.25, 0.3) is 11.5 Å². The highest BCUT2D eigenvalue weighted by atomic mass is 127. The smallest absolute Gasteiger partial charge is 0.261 e. The van der Waals surface area contributed by atoms with E-state index in [-0.39, 0.29) is 11.5 Å². The van der Waals surface area contributed by atoms with Crippen LogP contribution >= 0.6 is 22.6 Å². The number of aromatic nitrogens is 2. The van der Waals surface area contributed by atoms with Crippen molar-refractivity contribution >= 4 is 56.7 Å².